The molecule has 1 aliphatic rings. The van der Waals surface area contributed by atoms with E-state index in [-0.39, 0.29) is 11.2 Å². The van der Waals surface area contributed by atoms with E-state index in [1.54, 1.807) is 13.0 Å². The van der Waals surface area contributed by atoms with Crippen LogP contribution < -0.4 is 4.72 Å². The Bertz CT molecular complexity index is 667. The lowest BCUT2D eigenvalue weighted by molar-refractivity contribution is -0.0214. The molecular weight excluding hydrogens is 336 g/mol. The molecule has 0 spiro atoms. The van der Waals surface area contributed by atoms with Crippen molar-refractivity contribution in [3.05, 3.63) is 22.7 Å². The van der Waals surface area contributed by atoms with E-state index in [9.17, 15) is 8.42 Å². The molecule has 0 unspecified atom stereocenters. The van der Waals surface area contributed by atoms with E-state index in [4.69, 9.17) is 26.3 Å². The molecule has 1 heterocycles. The van der Waals surface area contributed by atoms with E-state index in [2.05, 4.69) is 0 Å². The molecule has 0 atom stereocenters. The molecule has 0 amide bonds. The first-order valence-corrected chi connectivity index (χ1v) is 8.86. The SMILES string of the molecule is Cc1cc(S(=O)(=O)NC#N)c(SCC2OCCO2)cc1Cl. The lowest BCUT2D eigenvalue weighted by Crippen LogP contribution is -2.19. The van der Waals surface area contributed by atoms with E-state index in [0.29, 0.717) is 34.4 Å². The minimum absolute atomic E-state index is 0.0222. The number of halogens is 1. The van der Waals surface area contributed by atoms with Gasteiger partial charge >= 0.3 is 0 Å². The Balaban J connectivity index is 2.29. The molecule has 1 N–H and O–H groups in total. The summed E-state index contributed by atoms with van der Waals surface area (Å²) in [6.45, 7) is 2.76. The van der Waals surface area contributed by atoms with Gasteiger partial charge in [0.05, 0.1) is 13.2 Å². The summed E-state index contributed by atoms with van der Waals surface area (Å²) in [7, 11) is -3.90. The number of nitrogens with zero attached hydrogens (tertiary/aromatic N) is 1. The van der Waals surface area contributed by atoms with Crippen LogP contribution in [0.25, 0.3) is 0 Å². The Hall–Kier alpha value is -0.980. The number of sulfonamides is 1. The molecule has 0 bridgehead atoms. The van der Waals surface area contributed by atoms with Crippen molar-refractivity contribution < 1.29 is 17.9 Å². The predicted molar refractivity (Wildman–Crippen MR) is 78.5 cm³/mol. The maximum absolute atomic E-state index is 12.1. The first-order valence-electron chi connectivity index (χ1n) is 6.01. The van der Waals surface area contributed by atoms with Crippen LogP contribution in [0.2, 0.25) is 5.02 Å². The van der Waals surface area contributed by atoms with Crippen molar-refractivity contribution in [2.75, 3.05) is 19.0 Å². The number of aryl methyl sites for hydroxylation is 1. The van der Waals surface area contributed by atoms with E-state index in [1.807, 2.05) is 4.72 Å². The number of ether oxygens (including phenoxy) is 2. The third kappa shape index (κ3) is 4.02. The average Bonchev–Trinajstić information content (AvgIpc) is 2.92. The number of rotatable bonds is 5. The van der Waals surface area contributed by atoms with Gasteiger partial charge in [-0.1, -0.05) is 11.6 Å². The average molecular weight is 349 g/mol. The van der Waals surface area contributed by atoms with Gasteiger partial charge in [-0.05, 0) is 24.6 Å². The fourth-order valence-corrected chi connectivity index (χ4v) is 4.27. The summed E-state index contributed by atoms with van der Waals surface area (Å²) in [4.78, 5) is 0.474. The summed E-state index contributed by atoms with van der Waals surface area (Å²) >= 11 is 7.31. The van der Waals surface area contributed by atoms with Crippen LogP contribution in [0, 0.1) is 18.4 Å². The van der Waals surface area contributed by atoms with Crippen LogP contribution >= 0.6 is 23.4 Å². The van der Waals surface area contributed by atoms with Gasteiger partial charge in [0, 0.05) is 15.7 Å². The van der Waals surface area contributed by atoms with Crippen LogP contribution in [0.1, 0.15) is 5.56 Å². The van der Waals surface area contributed by atoms with Gasteiger partial charge in [-0.25, -0.2) is 13.1 Å². The Kier molecular flexibility index (Phi) is 5.35. The van der Waals surface area contributed by atoms with Crippen molar-refractivity contribution in [1.29, 1.82) is 5.26 Å². The zero-order valence-electron chi connectivity index (χ0n) is 11.1. The number of thioether (sulfide) groups is 1. The van der Waals surface area contributed by atoms with Gasteiger partial charge in [-0.15, -0.1) is 11.8 Å². The van der Waals surface area contributed by atoms with Crippen molar-refractivity contribution in [3.63, 3.8) is 0 Å². The second-order valence-corrected chi connectivity index (χ2v) is 7.37. The number of benzene rings is 1. The first kappa shape index (κ1) is 16.4. The summed E-state index contributed by atoms with van der Waals surface area (Å²) in [5.41, 5.74) is 0.618. The standard InChI is InChI=1S/C12H13ClN2O4S2/c1-8-4-11(21(16,17)15-7-14)10(5-9(8)13)20-6-12-18-2-3-19-12/h4-5,12,15H,2-3,6H2,1H3. The molecule has 0 radical (unpaired) electrons. The van der Waals surface area contributed by atoms with Crippen LogP contribution in [0.15, 0.2) is 21.9 Å². The molecule has 114 valence electrons. The summed E-state index contributed by atoms with van der Waals surface area (Å²) in [6.07, 6.45) is 1.07. The third-order valence-electron chi connectivity index (χ3n) is 2.76. The van der Waals surface area contributed by atoms with Gasteiger partial charge in [0.15, 0.2) is 12.5 Å². The van der Waals surface area contributed by atoms with Crippen LogP contribution in [0.4, 0.5) is 0 Å². The second-order valence-electron chi connectivity index (χ2n) is 4.25. The first-order chi connectivity index (χ1) is 9.94. The quantitative estimate of drug-likeness (QED) is 0.496. The number of nitriles is 1. The van der Waals surface area contributed by atoms with Gasteiger partial charge in [0.1, 0.15) is 4.90 Å². The third-order valence-corrected chi connectivity index (χ3v) is 5.66. The van der Waals surface area contributed by atoms with Crippen LogP contribution in [-0.4, -0.2) is 33.7 Å². The van der Waals surface area contributed by atoms with Gasteiger partial charge in [0.25, 0.3) is 10.0 Å². The Morgan fingerprint density at radius 1 is 1.48 bits per heavy atom. The summed E-state index contributed by atoms with van der Waals surface area (Å²) in [5.74, 6) is 0.439. The predicted octanol–water partition coefficient (Wildman–Crippen LogP) is 1.87. The maximum atomic E-state index is 12.1. The summed E-state index contributed by atoms with van der Waals surface area (Å²) < 4.78 is 36.5. The highest BCUT2D eigenvalue weighted by molar-refractivity contribution is 8.00. The Morgan fingerprint density at radius 3 is 2.76 bits per heavy atom. The van der Waals surface area contributed by atoms with Crippen molar-refractivity contribution in [2.45, 2.75) is 23.0 Å². The minimum Gasteiger partial charge on any atom is -0.349 e. The molecule has 2 rings (SSSR count). The molecule has 0 aliphatic carbocycles. The van der Waals surface area contributed by atoms with Gasteiger partial charge < -0.3 is 9.47 Å². The number of hydrogen-bond acceptors (Lipinski definition) is 6. The fraction of sp³-hybridized carbons (Fsp3) is 0.417. The molecule has 1 aliphatic heterocycles. The van der Waals surface area contributed by atoms with E-state index < -0.39 is 10.0 Å². The molecule has 0 aromatic heterocycles. The van der Waals surface area contributed by atoms with E-state index in [0.717, 1.165) is 0 Å². The normalized spacial score (nSPS) is 15.9. The maximum Gasteiger partial charge on any atom is 0.271 e. The van der Waals surface area contributed by atoms with Crippen molar-refractivity contribution in [2.24, 2.45) is 0 Å². The number of hydrogen-bond donors (Lipinski definition) is 1. The van der Waals surface area contributed by atoms with Crippen molar-refractivity contribution in [1.82, 2.24) is 4.72 Å². The van der Waals surface area contributed by atoms with Crippen LogP contribution in [-0.2, 0) is 19.5 Å². The molecule has 1 fully saturated rings. The molecule has 21 heavy (non-hydrogen) atoms. The topological polar surface area (TPSA) is 88.4 Å². The van der Waals surface area contributed by atoms with Crippen LogP contribution in [0.5, 0.6) is 0 Å². The fourth-order valence-electron chi connectivity index (χ4n) is 1.74. The van der Waals surface area contributed by atoms with Gasteiger partial charge in [-0.2, -0.15) is 5.26 Å². The molecule has 1 saturated heterocycles. The monoisotopic (exact) mass is 348 g/mol. The summed E-state index contributed by atoms with van der Waals surface area (Å²) in [5, 5.41) is 9.03. The Labute approximate surface area is 132 Å². The Morgan fingerprint density at radius 2 is 2.14 bits per heavy atom. The highest BCUT2D eigenvalue weighted by Gasteiger charge is 2.22. The molecule has 1 aromatic rings. The molecule has 0 saturated carbocycles. The molecule has 9 heteroatoms. The summed E-state index contributed by atoms with van der Waals surface area (Å²) in [6, 6.07) is 3.02. The van der Waals surface area contributed by atoms with Gasteiger partial charge in [-0.3, -0.25) is 0 Å². The van der Waals surface area contributed by atoms with Crippen LogP contribution in [0.3, 0.4) is 0 Å². The zero-order valence-corrected chi connectivity index (χ0v) is 13.5. The molecular formula is C12H13ClN2O4S2. The lowest BCUT2D eigenvalue weighted by atomic mass is 10.2. The largest absolute Gasteiger partial charge is 0.349 e. The van der Waals surface area contributed by atoms with Crippen molar-refractivity contribution >= 4 is 33.4 Å². The van der Waals surface area contributed by atoms with E-state index in [1.165, 1.54) is 24.0 Å². The van der Waals surface area contributed by atoms with E-state index >= 15 is 0 Å². The number of nitrogens with one attached hydrogen (secondary N) is 1. The molecule has 1 aromatic carbocycles. The smallest absolute Gasteiger partial charge is 0.271 e. The highest BCUT2D eigenvalue weighted by atomic mass is 35.5. The van der Waals surface area contributed by atoms with Crippen molar-refractivity contribution in [3.8, 4) is 6.19 Å². The lowest BCUT2D eigenvalue weighted by Gasteiger charge is -2.13. The van der Waals surface area contributed by atoms with Gasteiger partial charge in [0.2, 0.25) is 0 Å². The minimum atomic E-state index is -3.90. The molecule has 6 nitrogen and oxygen atoms in total. The zero-order chi connectivity index (χ0) is 15.5. The highest BCUT2D eigenvalue weighted by Crippen LogP contribution is 2.32. The second kappa shape index (κ2) is 6.85.